The van der Waals surface area contributed by atoms with Crippen LogP contribution in [0.2, 0.25) is 0 Å². The number of anilines is 1. The van der Waals surface area contributed by atoms with Crippen LogP contribution < -0.4 is 5.32 Å². The largest absolute Gasteiger partial charge is 0.416 e. The number of nitrogens with zero attached hydrogens (tertiary/aromatic N) is 2. The second kappa shape index (κ2) is 7.95. The van der Waals surface area contributed by atoms with E-state index < -0.39 is 17.6 Å². The number of fused-ring (bicyclic) bond motifs is 1. The summed E-state index contributed by atoms with van der Waals surface area (Å²) in [4.78, 5) is 17.8. The van der Waals surface area contributed by atoms with Crippen molar-refractivity contribution in [2.75, 3.05) is 5.32 Å². The first-order valence-corrected chi connectivity index (χ1v) is 10.2. The quantitative estimate of drug-likeness (QED) is 0.434. The van der Waals surface area contributed by atoms with E-state index in [1.807, 2.05) is 28.1 Å². The van der Waals surface area contributed by atoms with Gasteiger partial charge in [-0.3, -0.25) is 9.20 Å². The van der Waals surface area contributed by atoms with Crippen molar-refractivity contribution >= 4 is 27.9 Å². The Labute approximate surface area is 175 Å². The second-order valence-corrected chi connectivity index (χ2v) is 7.70. The molecule has 154 valence electrons. The molecule has 0 fully saturated rings. The van der Waals surface area contributed by atoms with E-state index in [0.717, 1.165) is 40.5 Å². The molecule has 4 nitrogen and oxygen atoms in total. The summed E-state index contributed by atoms with van der Waals surface area (Å²) in [6.45, 7) is 2.10. The van der Waals surface area contributed by atoms with Crippen molar-refractivity contribution in [1.29, 1.82) is 0 Å². The van der Waals surface area contributed by atoms with E-state index in [9.17, 15) is 18.0 Å². The molecule has 2 aromatic heterocycles. The molecule has 4 rings (SSSR count). The van der Waals surface area contributed by atoms with E-state index in [0.29, 0.717) is 0 Å². The van der Waals surface area contributed by atoms with Crippen molar-refractivity contribution in [3.63, 3.8) is 0 Å². The number of amides is 1. The van der Waals surface area contributed by atoms with Crippen molar-refractivity contribution in [3.05, 3.63) is 76.9 Å². The maximum Gasteiger partial charge on any atom is 0.416 e. The van der Waals surface area contributed by atoms with Gasteiger partial charge in [-0.1, -0.05) is 37.3 Å². The summed E-state index contributed by atoms with van der Waals surface area (Å²) < 4.78 is 40.4. The summed E-state index contributed by atoms with van der Waals surface area (Å²) in [7, 11) is 0. The Balaban J connectivity index is 1.51. The number of hydrogen-bond donors (Lipinski definition) is 1. The van der Waals surface area contributed by atoms with Gasteiger partial charge in [0.1, 0.15) is 0 Å². The lowest BCUT2D eigenvalue weighted by Gasteiger charge is -2.09. The fourth-order valence-corrected chi connectivity index (χ4v) is 4.02. The van der Waals surface area contributed by atoms with Crippen molar-refractivity contribution in [1.82, 2.24) is 9.38 Å². The van der Waals surface area contributed by atoms with E-state index in [1.165, 1.54) is 29.0 Å². The first-order chi connectivity index (χ1) is 14.3. The Morgan fingerprint density at radius 1 is 1.17 bits per heavy atom. The van der Waals surface area contributed by atoms with Crippen LogP contribution in [-0.4, -0.2) is 15.3 Å². The fraction of sp³-hybridized carbons (Fsp3) is 0.182. The van der Waals surface area contributed by atoms with Gasteiger partial charge in [0.05, 0.1) is 17.7 Å². The Morgan fingerprint density at radius 2 is 1.93 bits per heavy atom. The predicted octanol–water partition coefficient (Wildman–Crippen LogP) is 5.83. The molecule has 30 heavy (non-hydrogen) atoms. The SMILES string of the molecule is CCc1ccc(-c2cn3c(CC(=O)Nc4cccc(C(F)(F)F)c4)csc3n2)cc1. The average molecular weight is 429 g/mol. The third-order valence-electron chi connectivity index (χ3n) is 4.76. The minimum Gasteiger partial charge on any atom is -0.326 e. The van der Waals surface area contributed by atoms with E-state index in [4.69, 9.17) is 0 Å². The molecule has 0 saturated heterocycles. The van der Waals surface area contributed by atoms with Crippen molar-refractivity contribution in [2.45, 2.75) is 25.9 Å². The molecule has 8 heteroatoms. The monoisotopic (exact) mass is 429 g/mol. The summed E-state index contributed by atoms with van der Waals surface area (Å²) in [6.07, 6.45) is -1.59. The number of aryl methyl sites for hydroxylation is 1. The summed E-state index contributed by atoms with van der Waals surface area (Å²) in [5, 5.41) is 4.37. The smallest absolute Gasteiger partial charge is 0.326 e. The lowest BCUT2D eigenvalue weighted by Crippen LogP contribution is -2.16. The molecule has 0 bridgehead atoms. The van der Waals surface area contributed by atoms with Gasteiger partial charge < -0.3 is 5.32 Å². The van der Waals surface area contributed by atoms with Crippen LogP contribution in [0, 0.1) is 0 Å². The van der Waals surface area contributed by atoms with Gasteiger partial charge in [0.15, 0.2) is 4.96 Å². The van der Waals surface area contributed by atoms with E-state index in [1.54, 1.807) is 0 Å². The van der Waals surface area contributed by atoms with Gasteiger partial charge in [-0.25, -0.2) is 4.98 Å². The second-order valence-electron chi connectivity index (χ2n) is 6.86. The zero-order valence-electron chi connectivity index (χ0n) is 16.0. The highest BCUT2D eigenvalue weighted by atomic mass is 32.1. The standard InChI is InChI=1S/C22H18F3N3OS/c1-2-14-6-8-15(9-7-14)19-12-28-18(13-30-21(28)27-19)11-20(29)26-17-5-3-4-16(10-17)22(23,24)25/h3-10,12-13H,2,11H2,1H3,(H,26,29). The fourth-order valence-electron chi connectivity index (χ4n) is 3.15. The van der Waals surface area contributed by atoms with Crippen LogP contribution in [0.25, 0.3) is 16.2 Å². The molecule has 1 N–H and O–H groups in total. The molecule has 0 aliphatic heterocycles. The number of hydrogen-bond acceptors (Lipinski definition) is 3. The molecule has 2 aromatic carbocycles. The molecule has 0 saturated carbocycles. The first-order valence-electron chi connectivity index (χ1n) is 9.35. The highest BCUT2D eigenvalue weighted by molar-refractivity contribution is 7.15. The summed E-state index contributed by atoms with van der Waals surface area (Å²) in [5.41, 5.74) is 3.08. The summed E-state index contributed by atoms with van der Waals surface area (Å²) in [5.74, 6) is -0.392. The average Bonchev–Trinajstić information content (AvgIpc) is 3.29. The number of alkyl halides is 3. The number of halogens is 3. The number of imidazole rings is 1. The normalized spacial score (nSPS) is 11.7. The molecule has 0 aliphatic rings. The number of benzene rings is 2. The summed E-state index contributed by atoms with van der Waals surface area (Å²) in [6, 6.07) is 12.8. The van der Waals surface area contributed by atoms with Crippen LogP contribution in [0.1, 0.15) is 23.7 Å². The van der Waals surface area contributed by atoms with Gasteiger partial charge in [-0.2, -0.15) is 13.2 Å². The van der Waals surface area contributed by atoms with Gasteiger partial charge in [0, 0.05) is 28.5 Å². The molecule has 0 radical (unpaired) electrons. The highest BCUT2D eigenvalue weighted by Gasteiger charge is 2.30. The Hall–Kier alpha value is -3.13. The van der Waals surface area contributed by atoms with Crippen LogP contribution in [0.5, 0.6) is 0 Å². The van der Waals surface area contributed by atoms with Crippen molar-refractivity contribution in [3.8, 4) is 11.3 Å². The van der Waals surface area contributed by atoms with Crippen molar-refractivity contribution < 1.29 is 18.0 Å². The van der Waals surface area contributed by atoms with E-state index in [2.05, 4.69) is 29.4 Å². The number of nitrogens with one attached hydrogen (secondary N) is 1. The third-order valence-corrected chi connectivity index (χ3v) is 5.65. The van der Waals surface area contributed by atoms with E-state index in [-0.39, 0.29) is 12.1 Å². The molecule has 0 unspecified atom stereocenters. The highest BCUT2D eigenvalue weighted by Crippen LogP contribution is 2.31. The first kappa shape index (κ1) is 20.2. The van der Waals surface area contributed by atoms with Crippen LogP contribution in [0.4, 0.5) is 18.9 Å². The number of rotatable bonds is 5. The van der Waals surface area contributed by atoms with Crippen molar-refractivity contribution in [2.24, 2.45) is 0 Å². The van der Waals surface area contributed by atoms with Gasteiger partial charge in [0.25, 0.3) is 0 Å². The topological polar surface area (TPSA) is 46.4 Å². The Morgan fingerprint density at radius 3 is 2.63 bits per heavy atom. The maximum absolute atomic E-state index is 12.8. The maximum atomic E-state index is 12.8. The third kappa shape index (κ3) is 4.23. The van der Waals surface area contributed by atoms with Crippen LogP contribution in [0.15, 0.2) is 60.1 Å². The minimum atomic E-state index is -4.46. The lowest BCUT2D eigenvalue weighted by atomic mass is 10.1. The van der Waals surface area contributed by atoms with Crippen LogP contribution >= 0.6 is 11.3 Å². The van der Waals surface area contributed by atoms with Crippen LogP contribution in [0.3, 0.4) is 0 Å². The number of aromatic nitrogens is 2. The molecule has 2 heterocycles. The number of carbonyl (C=O) groups excluding carboxylic acids is 1. The van der Waals surface area contributed by atoms with Gasteiger partial charge in [0.2, 0.25) is 5.91 Å². The zero-order chi connectivity index (χ0) is 21.3. The number of thiazole rings is 1. The number of carbonyl (C=O) groups is 1. The molecule has 0 aliphatic carbocycles. The zero-order valence-corrected chi connectivity index (χ0v) is 16.8. The van der Waals surface area contributed by atoms with Gasteiger partial charge in [-0.05, 0) is 30.2 Å². The van der Waals surface area contributed by atoms with Gasteiger partial charge in [-0.15, -0.1) is 11.3 Å². The summed E-state index contributed by atoms with van der Waals surface area (Å²) >= 11 is 1.41. The molecule has 0 atom stereocenters. The Kier molecular flexibility index (Phi) is 5.34. The molecule has 1 amide bonds. The predicted molar refractivity (Wildman–Crippen MR) is 112 cm³/mol. The molecule has 4 aromatic rings. The minimum absolute atomic E-state index is 0.0286. The molecule has 0 spiro atoms. The molecular weight excluding hydrogens is 411 g/mol. The Bertz CT molecular complexity index is 1190. The van der Waals surface area contributed by atoms with Gasteiger partial charge >= 0.3 is 6.18 Å². The molecular formula is C22H18F3N3OS. The lowest BCUT2D eigenvalue weighted by molar-refractivity contribution is -0.137. The van der Waals surface area contributed by atoms with Crippen LogP contribution in [-0.2, 0) is 23.8 Å². The van der Waals surface area contributed by atoms with E-state index >= 15 is 0 Å².